The van der Waals surface area contributed by atoms with Crippen molar-refractivity contribution in [1.29, 1.82) is 0 Å². The van der Waals surface area contributed by atoms with Gasteiger partial charge < -0.3 is 9.47 Å². The van der Waals surface area contributed by atoms with Gasteiger partial charge in [-0.25, -0.2) is 9.59 Å². The van der Waals surface area contributed by atoms with Crippen molar-refractivity contribution in [2.24, 2.45) is 0 Å². The maximum absolute atomic E-state index is 13.3. The Labute approximate surface area is 209 Å². The minimum Gasteiger partial charge on any atom is -0.462 e. The Bertz CT molecular complexity index is 706. The molecule has 0 heterocycles. The minimum absolute atomic E-state index is 0.204. The van der Waals surface area contributed by atoms with Crippen LogP contribution in [0.25, 0.3) is 0 Å². The van der Waals surface area contributed by atoms with Gasteiger partial charge in [0.05, 0.1) is 24.3 Å². The van der Waals surface area contributed by atoms with Gasteiger partial charge in [-0.2, -0.15) is 0 Å². The number of rotatable bonds is 19. The van der Waals surface area contributed by atoms with E-state index in [2.05, 4.69) is 34.6 Å². The molecule has 0 spiro atoms. The summed E-state index contributed by atoms with van der Waals surface area (Å²) in [5, 5.41) is 0. The summed E-state index contributed by atoms with van der Waals surface area (Å²) in [5.74, 6) is -0.819. The molecule has 0 saturated carbocycles. The van der Waals surface area contributed by atoms with Crippen LogP contribution in [0.15, 0.2) is 18.2 Å². The van der Waals surface area contributed by atoms with E-state index in [0.717, 1.165) is 44.1 Å². The number of hydrogen-bond donors (Lipinski definition) is 0. The minimum atomic E-state index is -0.420. The molecule has 34 heavy (non-hydrogen) atoms. The first-order chi connectivity index (χ1) is 16.4. The van der Waals surface area contributed by atoms with Crippen LogP contribution in [0, 0.1) is 0 Å². The second-order valence-electron chi connectivity index (χ2n) is 9.80. The fourth-order valence-electron chi connectivity index (χ4n) is 4.32. The molecular formula is C30H50O4. The quantitative estimate of drug-likeness (QED) is 0.148. The summed E-state index contributed by atoms with van der Waals surface area (Å²) in [7, 11) is 0. The molecule has 0 N–H and O–H groups in total. The van der Waals surface area contributed by atoms with E-state index in [1.165, 1.54) is 51.4 Å². The van der Waals surface area contributed by atoms with Crippen molar-refractivity contribution >= 4 is 11.9 Å². The molecule has 0 amide bonds. The maximum atomic E-state index is 13.3. The number of unbranched alkanes of at least 4 members (excludes halogenated alkanes) is 10. The van der Waals surface area contributed by atoms with Crippen molar-refractivity contribution in [3.63, 3.8) is 0 Å². The lowest BCUT2D eigenvalue weighted by atomic mass is 9.75. The summed E-state index contributed by atoms with van der Waals surface area (Å²) in [6.45, 7) is 11.6. The number of benzene rings is 1. The molecule has 1 aromatic carbocycles. The van der Waals surface area contributed by atoms with Gasteiger partial charge in [0.15, 0.2) is 0 Å². The highest BCUT2D eigenvalue weighted by molar-refractivity contribution is 6.04. The highest BCUT2D eigenvalue weighted by Gasteiger charge is 2.32. The Hall–Kier alpha value is -1.84. The van der Waals surface area contributed by atoms with Gasteiger partial charge in [-0.05, 0) is 42.7 Å². The van der Waals surface area contributed by atoms with Crippen LogP contribution in [0.2, 0.25) is 0 Å². The van der Waals surface area contributed by atoms with Gasteiger partial charge in [0, 0.05) is 0 Å². The average Bonchev–Trinajstić information content (AvgIpc) is 2.86. The van der Waals surface area contributed by atoms with E-state index in [1.54, 1.807) is 6.07 Å². The smallest absolute Gasteiger partial charge is 0.339 e. The van der Waals surface area contributed by atoms with Crippen LogP contribution in [0.3, 0.4) is 0 Å². The normalized spacial score (nSPS) is 11.4. The maximum Gasteiger partial charge on any atom is 0.339 e. The van der Waals surface area contributed by atoms with Gasteiger partial charge in [0.2, 0.25) is 0 Å². The Balaban J connectivity index is 2.89. The lowest BCUT2D eigenvalue weighted by Gasteiger charge is -2.30. The van der Waals surface area contributed by atoms with Crippen molar-refractivity contribution < 1.29 is 19.1 Å². The molecule has 0 atom stereocenters. The summed E-state index contributed by atoms with van der Waals surface area (Å²) in [5.41, 5.74) is 1.42. The van der Waals surface area contributed by atoms with Crippen molar-refractivity contribution in [3.05, 3.63) is 34.9 Å². The van der Waals surface area contributed by atoms with Crippen molar-refractivity contribution in [1.82, 2.24) is 0 Å². The zero-order valence-corrected chi connectivity index (χ0v) is 22.7. The van der Waals surface area contributed by atoms with Crippen molar-refractivity contribution in [2.75, 3.05) is 13.2 Å². The standard InChI is InChI=1S/C30H50O4/c1-6-10-12-14-16-18-23-33-28(31)25-21-20-22-26(30(5,8-3)9-4)27(25)29(32)34-24-19-17-15-13-11-7-2/h20-22H,6-19,23-24H2,1-5H3. The molecule has 194 valence electrons. The molecule has 1 rings (SSSR count). The third-order valence-corrected chi connectivity index (χ3v) is 7.16. The van der Waals surface area contributed by atoms with Crippen LogP contribution in [-0.4, -0.2) is 25.2 Å². The lowest BCUT2D eigenvalue weighted by Crippen LogP contribution is -2.26. The van der Waals surface area contributed by atoms with Crippen LogP contribution in [0.4, 0.5) is 0 Å². The molecule has 4 nitrogen and oxygen atoms in total. The van der Waals surface area contributed by atoms with E-state index in [0.29, 0.717) is 24.3 Å². The zero-order valence-electron chi connectivity index (χ0n) is 22.7. The van der Waals surface area contributed by atoms with Crippen LogP contribution in [0.5, 0.6) is 0 Å². The Kier molecular flexibility index (Phi) is 15.6. The Morgan fingerprint density at radius 2 is 1.15 bits per heavy atom. The average molecular weight is 475 g/mol. The van der Waals surface area contributed by atoms with Crippen molar-refractivity contribution in [3.8, 4) is 0 Å². The van der Waals surface area contributed by atoms with Gasteiger partial charge in [-0.1, -0.05) is 111 Å². The highest BCUT2D eigenvalue weighted by Crippen LogP contribution is 2.35. The molecule has 0 saturated heterocycles. The first kappa shape index (κ1) is 30.2. The molecule has 1 aromatic rings. The second kappa shape index (κ2) is 17.6. The van der Waals surface area contributed by atoms with Crippen molar-refractivity contribution in [2.45, 2.75) is 130 Å². The van der Waals surface area contributed by atoms with Crippen LogP contribution < -0.4 is 0 Å². The zero-order chi connectivity index (χ0) is 25.2. The number of esters is 2. The largest absolute Gasteiger partial charge is 0.462 e. The number of carbonyl (C=O) groups is 2. The van der Waals surface area contributed by atoms with Crippen LogP contribution >= 0.6 is 0 Å². The van der Waals surface area contributed by atoms with Gasteiger partial charge in [0.1, 0.15) is 0 Å². The molecule has 4 heteroatoms. The van der Waals surface area contributed by atoms with E-state index in [-0.39, 0.29) is 5.41 Å². The molecule has 0 fully saturated rings. The van der Waals surface area contributed by atoms with Crippen LogP contribution in [0.1, 0.15) is 151 Å². The monoisotopic (exact) mass is 474 g/mol. The predicted octanol–water partition coefficient (Wildman–Crippen LogP) is 8.80. The van der Waals surface area contributed by atoms with Gasteiger partial charge in [-0.3, -0.25) is 0 Å². The summed E-state index contributed by atoms with van der Waals surface area (Å²) >= 11 is 0. The lowest BCUT2D eigenvalue weighted by molar-refractivity contribution is 0.0447. The van der Waals surface area contributed by atoms with Crippen LogP contribution in [-0.2, 0) is 14.9 Å². The number of hydrogen-bond acceptors (Lipinski definition) is 4. The second-order valence-corrected chi connectivity index (χ2v) is 9.80. The van der Waals surface area contributed by atoms with E-state index in [1.807, 2.05) is 12.1 Å². The SMILES string of the molecule is CCCCCCCCOC(=O)c1cccc(C(C)(CC)CC)c1C(=O)OCCCCCCCC. The van der Waals surface area contributed by atoms with E-state index in [4.69, 9.17) is 9.47 Å². The molecule has 0 aliphatic carbocycles. The Morgan fingerprint density at radius 3 is 1.65 bits per heavy atom. The van der Waals surface area contributed by atoms with Gasteiger partial charge in [-0.15, -0.1) is 0 Å². The highest BCUT2D eigenvalue weighted by atomic mass is 16.5. The summed E-state index contributed by atoms with van der Waals surface area (Å²) in [6, 6.07) is 5.55. The molecule has 0 aromatic heterocycles. The topological polar surface area (TPSA) is 52.6 Å². The summed E-state index contributed by atoms with van der Waals surface area (Å²) in [6.07, 6.45) is 15.3. The van der Waals surface area contributed by atoms with Gasteiger partial charge in [0.25, 0.3) is 0 Å². The molecule has 0 bridgehead atoms. The number of carbonyl (C=O) groups excluding carboxylic acids is 2. The summed E-state index contributed by atoms with van der Waals surface area (Å²) < 4.78 is 11.3. The fourth-order valence-corrected chi connectivity index (χ4v) is 4.32. The van der Waals surface area contributed by atoms with Gasteiger partial charge >= 0.3 is 11.9 Å². The fraction of sp³-hybridized carbons (Fsp3) is 0.733. The first-order valence-corrected chi connectivity index (χ1v) is 13.9. The molecule has 0 unspecified atom stereocenters. The molecule has 0 aliphatic heterocycles. The first-order valence-electron chi connectivity index (χ1n) is 13.9. The predicted molar refractivity (Wildman–Crippen MR) is 142 cm³/mol. The third kappa shape index (κ3) is 10.2. The third-order valence-electron chi connectivity index (χ3n) is 7.16. The van der Waals surface area contributed by atoms with E-state index >= 15 is 0 Å². The molecular weight excluding hydrogens is 424 g/mol. The molecule has 0 radical (unpaired) electrons. The molecule has 0 aliphatic rings. The Morgan fingerprint density at radius 1 is 0.676 bits per heavy atom. The number of ether oxygens (including phenoxy) is 2. The summed E-state index contributed by atoms with van der Waals surface area (Å²) in [4.78, 5) is 26.3. The van der Waals surface area contributed by atoms with E-state index in [9.17, 15) is 9.59 Å². The van der Waals surface area contributed by atoms with E-state index < -0.39 is 11.9 Å².